The van der Waals surface area contributed by atoms with Crippen LogP contribution in [0.15, 0.2) is 6.07 Å². The van der Waals surface area contributed by atoms with Gasteiger partial charge in [0.25, 0.3) is 0 Å². The van der Waals surface area contributed by atoms with Gasteiger partial charge in [0.1, 0.15) is 0 Å². The van der Waals surface area contributed by atoms with E-state index in [9.17, 15) is 9.59 Å². The van der Waals surface area contributed by atoms with Crippen LogP contribution in [0.4, 0.5) is 0 Å². The molecule has 0 unspecified atom stereocenters. The lowest BCUT2D eigenvalue weighted by Gasteiger charge is -2.30. The molecule has 2 heterocycles. The minimum atomic E-state index is -0.357. The zero-order chi connectivity index (χ0) is 15.9. The fourth-order valence-electron chi connectivity index (χ4n) is 2.68. The van der Waals surface area contributed by atoms with Gasteiger partial charge in [-0.2, -0.15) is 5.10 Å². The van der Waals surface area contributed by atoms with Gasteiger partial charge in [0.15, 0.2) is 0 Å². The largest absolute Gasteiger partial charge is 0.378 e. The molecule has 1 aromatic rings. The Kier molecular flexibility index (Phi) is 5.91. The Hall–Kier alpha value is -1.93. The summed E-state index contributed by atoms with van der Waals surface area (Å²) in [5, 5.41) is 9.85. The van der Waals surface area contributed by atoms with Gasteiger partial charge >= 0.3 is 0 Å². The molecule has 1 aliphatic rings. The summed E-state index contributed by atoms with van der Waals surface area (Å²) in [5.41, 5.74) is 6.84. The predicted octanol–water partition coefficient (Wildman–Crippen LogP) is -0.630. The first-order chi connectivity index (χ1) is 10.6. The van der Waals surface area contributed by atoms with Crippen molar-refractivity contribution in [1.82, 2.24) is 20.4 Å². The number of methoxy groups -OCH3 is 1. The van der Waals surface area contributed by atoms with E-state index in [4.69, 9.17) is 10.5 Å². The van der Waals surface area contributed by atoms with E-state index in [-0.39, 0.29) is 24.3 Å². The Balaban J connectivity index is 1.79. The van der Waals surface area contributed by atoms with Crippen molar-refractivity contribution in [3.63, 3.8) is 0 Å². The molecule has 1 aromatic heterocycles. The Labute approximate surface area is 129 Å². The number of nitrogens with zero attached hydrogens (tertiary/aromatic N) is 2. The van der Waals surface area contributed by atoms with Crippen molar-refractivity contribution in [2.75, 3.05) is 26.7 Å². The second kappa shape index (κ2) is 7.90. The molecule has 122 valence electrons. The Morgan fingerprint density at radius 2 is 2.41 bits per heavy atom. The molecule has 1 fully saturated rings. The van der Waals surface area contributed by atoms with E-state index < -0.39 is 0 Å². The van der Waals surface area contributed by atoms with Crippen molar-refractivity contribution in [3.8, 4) is 0 Å². The molecule has 1 aliphatic heterocycles. The number of carbonyl (C=O) groups excluding carboxylic acids is 2. The average Bonchev–Trinajstić information content (AvgIpc) is 2.92. The van der Waals surface area contributed by atoms with Crippen molar-refractivity contribution >= 4 is 11.8 Å². The lowest BCUT2D eigenvalue weighted by molar-refractivity contribution is -0.128. The van der Waals surface area contributed by atoms with E-state index in [1.54, 1.807) is 7.11 Å². The van der Waals surface area contributed by atoms with Crippen LogP contribution in [-0.2, 0) is 27.5 Å². The van der Waals surface area contributed by atoms with Crippen LogP contribution in [0, 0.1) is 5.92 Å². The first-order valence-corrected chi connectivity index (χ1v) is 7.39. The number of aromatic amines is 1. The summed E-state index contributed by atoms with van der Waals surface area (Å²) in [6, 6.07) is 1.87. The molecule has 22 heavy (non-hydrogen) atoms. The topological polar surface area (TPSA) is 113 Å². The van der Waals surface area contributed by atoms with Crippen LogP contribution in [0.25, 0.3) is 0 Å². The quantitative estimate of drug-likeness (QED) is 0.620. The predicted molar refractivity (Wildman–Crippen MR) is 79.5 cm³/mol. The van der Waals surface area contributed by atoms with Crippen LogP contribution in [0.5, 0.6) is 0 Å². The summed E-state index contributed by atoms with van der Waals surface area (Å²) in [6.45, 7) is 2.45. The van der Waals surface area contributed by atoms with Crippen LogP contribution >= 0.6 is 0 Å². The maximum Gasteiger partial charge on any atom is 0.231 e. The summed E-state index contributed by atoms with van der Waals surface area (Å²) in [7, 11) is 1.61. The monoisotopic (exact) mass is 309 g/mol. The third-order valence-corrected chi connectivity index (χ3v) is 3.68. The molecular formula is C14H23N5O3. The molecule has 2 amide bonds. The number of ether oxygens (including phenoxy) is 1. The lowest BCUT2D eigenvalue weighted by Crippen LogP contribution is -2.45. The van der Waals surface area contributed by atoms with Gasteiger partial charge in [-0.15, -0.1) is 0 Å². The number of carbonyl (C=O) groups is 2. The van der Waals surface area contributed by atoms with Crippen LogP contribution in [0.2, 0.25) is 0 Å². The van der Waals surface area contributed by atoms with Crippen molar-refractivity contribution in [2.45, 2.75) is 26.0 Å². The molecule has 0 saturated carbocycles. The zero-order valence-electron chi connectivity index (χ0n) is 12.8. The first kappa shape index (κ1) is 16.4. The number of nitrogens with two attached hydrogens (primary N) is 1. The smallest absolute Gasteiger partial charge is 0.231 e. The SMILES string of the molecule is COCc1cc(CNC(=O)[C@H]2CCCN(CC(N)=O)C2)[nH]n1. The van der Waals surface area contributed by atoms with Crippen LogP contribution in [0.3, 0.4) is 0 Å². The Morgan fingerprint density at radius 1 is 1.59 bits per heavy atom. The molecule has 2 rings (SSSR count). The standard InChI is InChI=1S/C14H23N5O3/c1-22-9-12-5-11(17-18-12)6-16-14(21)10-3-2-4-19(7-10)8-13(15)20/h5,10H,2-4,6-9H2,1H3,(H2,15,20)(H,16,21)(H,17,18)/t10-/m0/s1. The number of rotatable bonds is 7. The normalized spacial score (nSPS) is 19.0. The minimum Gasteiger partial charge on any atom is -0.378 e. The molecule has 1 saturated heterocycles. The summed E-state index contributed by atoms with van der Waals surface area (Å²) in [5.74, 6) is -0.462. The maximum absolute atomic E-state index is 12.2. The van der Waals surface area contributed by atoms with Gasteiger partial charge in [-0.1, -0.05) is 0 Å². The molecular weight excluding hydrogens is 286 g/mol. The lowest BCUT2D eigenvalue weighted by atomic mass is 9.97. The van der Waals surface area contributed by atoms with E-state index in [0.717, 1.165) is 30.8 Å². The van der Waals surface area contributed by atoms with Crippen molar-refractivity contribution < 1.29 is 14.3 Å². The molecule has 0 aromatic carbocycles. The maximum atomic E-state index is 12.2. The van der Waals surface area contributed by atoms with E-state index >= 15 is 0 Å². The highest BCUT2D eigenvalue weighted by atomic mass is 16.5. The van der Waals surface area contributed by atoms with Gasteiger partial charge in [-0.3, -0.25) is 19.6 Å². The van der Waals surface area contributed by atoms with Gasteiger partial charge in [0.05, 0.1) is 37.0 Å². The highest BCUT2D eigenvalue weighted by molar-refractivity contribution is 5.79. The number of likely N-dealkylation sites (tertiary alicyclic amines) is 1. The first-order valence-electron chi connectivity index (χ1n) is 7.39. The fourth-order valence-corrected chi connectivity index (χ4v) is 2.68. The van der Waals surface area contributed by atoms with Crippen molar-refractivity contribution in [2.24, 2.45) is 11.7 Å². The molecule has 0 bridgehead atoms. The number of H-pyrrole nitrogens is 1. The number of amides is 2. The van der Waals surface area contributed by atoms with Gasteiger partial charge in [0.2, 0.25) is 11.8 Å². The van der Waals surface area contributed by atoms with E-state index in [0.29, 0.717) is 19.7 Å². The second-order valence-corrected chi connectivity index (χ2v) is 5.58. The van der Waals surface area contributed by atoms with Gasteiger partial charge < -0.3 is 15.8 Å². The van der Waals surface area contributed by atoms with Gasteiger partial charge in [-0.25, -0.2) is 0 Å². The summed E-state index contributed by atoms with van der Waals surface area (Å²) in [4.78, 5) is 25.1. The van der Waals surface area contributed by atoms with Crippen LogP contribution in [-0.4, -0.2) is 53.7 Å². The Morgan fingerprint density at radius 3 is 3.14 bits per heavy atom. The molecule has 0 spiro atoms. The van der Waals surface area contributed by atoms with E-state index in [2.05, 4.69) is 15.5 Å². The number of primary amides is 1. The van der Waals surface area contributed by atoms with E-state index in [1.165, 1.54) is 0 Å². The number of aromatic nitrogens is 2. The molecule has 8 heteroatoms. The average molecular weight is 309 g/mol. The molecule has 8 nitrogen and oxygen atoms in total. The van der Waals surface area contributed by atoms with Crippen molar-refractivity contribution in [1.29, 1.82) is 0 Å². The summed E-state index contributed by atoms with van der Waals surface area (Å²) < 4.78 is 4.99. The molecule has 0 radical (unpaired) electrons. The highest BCUT2D eigenvalue weighted by Crippen LogP contribution is 2.16. The van der Waals surface area contributed by atoms with Crippen molar-refractivity contribution in [3.05, 3.63) is 17.5 Å². The van der Waals surface area contributed by atoms with E-state index in [1.807, 2.05) is 11.0 Å². The van der Waals surface area contributed by atoms with Crippen LogP contribution in [0.1, 0.15) is 24.2 Å². The number of nitrogens with one attached hydrogen (secondary N) is 2. The molecule has 0 aliphatic carbocycles. The van der Waals surface area contributed by atoms with Gasteiger partial charge in [-0.05, 0) is 25.5 Å². The minimum absolute atomic E-state index is 0.00272. The summed E-state index contributed by atoms with van der Waals surface area (Å²) in [6.07, 6.45) is 1.73. The number of hydrogen-bond acceptors (Lipinski definition) is 5. The fraction of sp³-hybridized carbons (Fsp3) is 0.643. The van der Waals surface area contributed by atoms with Gasteiger partial charge in [0, 0.05) is 13.7 Å². The van der Waals surface area contributed by atoms with Crippen LogP contribution < -0.4 is 11.1 Å². The molecule has 4 N–H and O–H groups in total. The Bertz CT molecular complexity index is 516. The number of piperidine rings is 1. The summed E-state index contributed by atoms with van der Waals surface area (Å²) >= 11 is 0. The third kappa shape index (κ3) is 4.81. The zero-order valence-corrected chi connectivity index (χ0v) is 12.8. The second-order valence-electron chi connectivity index (χ2n) is 5.58. The third-order valence-electron chi connectivity index (χ3n) is 3.68. The number of hydrogen-bond donors (Lipinski definition) is 3. The molecule has 1 atom stereocenters. The highest BCUT2D eigenvalue weighted by Gasteiger charge is 2.26.